The van der Waals surface area contributed by atoms with Crippen molar-refractivity contribution in [1.82, 2.24) is 10.3 Å². The molecule has 2 heterocycles. The summed E-state index contributed by atoms with van der Waals surface area (Å²) in [5.41, 5.74) is 0.478. The van der Waals surface area contributed by atoms with Crippen molar-refractivity contribution < 1.29 is 17.9 Å². The number of pyridine rings is 1. The summed E-state index contributed by atoms with van der Waals surface area (Å²) in [7, 11) is 0. The van der Waals surface area contributed by atoms with Crippen LogP contribution in [0, 0.1) is 9.39 Å². The predicted molar refractivity (Wildman–Crippen MR) is 117 cm³/mol. The van der Waals surface area contributed by atoms with E-state index >= 15 is 0 Å². The molecule has 2 aromatic rings. The minimum Gasteiger partial charge on any atom is -0.377 e. The molecule has 1 aromatic heterocycles. The van der Waals surface area contributed by atoms with Crippen LogP contribution in [0.1, 0.15) is 36.2 Å². The Balaban J connectivity index is 1.68. The number of aryl methyl sites for hydroxylation is 1. The van der Waals surface area contributed by atoms with Crippen LogP contribution < -0.4 is 10.6 Å². The van der Waals surface area contributed by atoms with Gasteiger partial charge in [0.25, 0.3) is 5.92 Å². The Morgan fingerprint density at radius 2 is 2.14 bits per heavy atom. The molecule has 1 saturated heterocycles. The first-order valence-electron chi connectivity index (χ1n) is 9.17. The highest BCUT2D eigenvalue weighted by atomic mass is 127. The van der Waals surface area contributed by atoms with Gasteiger partial charge in [0, 0.05) is 21.0 Å². The van der Waals surface area contributed by atoms with E-state index in [1.807, 2.05) is 0 Å². The van der Waals surface area contributed by atoms with Gasteiger partial charge < -0.3 is 15.4 Å². The lowest BCUT2D eigenvalue weighted by atomic mass is 9.85. The smallest absolute Gasteiger partial charge is 0.297 e. The summed E-state index contributed by atoms with van der Waals surface area (Å²) in [6, 6.07) is 6.22. The summed E-state index contributed by atoms with van der Waals surface area (Å²) in [5, 5.41) is 5.95. The average Bonchev–Trinajstić information content (AvgIpc) is 2.99. The highest BCUT2D eigenvalue weighted by Crippen LogP contribution is 2.42. The minimum absolute atomic E-state index is 0.0554. The Hall–Kier alpha value is -1.46. The van der Waals surface area contributed by atoms with Crippen LogP contribution in [0.25, 0.3) is 0 Å². The molecule has 1 aliphatic carbocycles. The lowest BCUT2D eigenvalue weighted by Crippen LogP contribution is -2.56. The van der Waals surface area contributed by atoms with Gasteiger partial charge in [-0.3, -0.25) is 4.98 Å². The molecule has 1 unspecified atom stereocenters. The van der Waals surface area contributed by atoms with Crippen molar-refractivity contribution in [2.24, 2.45) is 0 Å². The van der Waals surface area contributed by atoms with Crippen molar-refractivity contribution in [3.05, 3.63) is 56.7 Å². The van der Waals surface area contributed by atoms with Crippen molar-refractivity contribution in [3.63, 3.8) is 0 Å². The summed E-state index contributed by atoms with van der Waals surface area (Å²) in [6.07, 6.45) is 3.51. The second kappa shape index (κ2) is 7.66. The van der Waals surface area contributed by atoms with Crippen molar-refractivity contribution in [1.29, 1.82) is 0 Å². The summed E-state index contributed by atoms with van der Waals surface area (Å²) in [4.78, 5) is 4.63. The van der Waals surface area contributed by atoms with Crippen LogP contribution in [-0.4, -0.2) is 29.1 Å². The quantitative estimate of drug-likeness (QED) is 0.442. The van der Waals surface area contributed by atoms with Crippen LogP contribution in [-0.2, 0) is 16.7 Å². The van der Waals surface area contributed by atoms with Crippen molar-refractivity contribution in [3.8, 4) is 0 Å². The van der Waals surface area contributed by atoms with Crippen LogP contribution in [0.5, 0.6) is 0 Å². The number of rotatable bonds is 3. The predicted octanol–water partition coefficient (Wildman–Crippen LogP) is 4.72. The van der Waals surface area contributed by atoms with Gasteiger partial charge in [-0.15, -0.1) is 0 Å². The van der Waals surface area contributed by atoms with Crippen molar-refractivity contribution in [2.75, 3.05) is 18.5 Å². The average molecular weight is 533 g/mol. The van der Waals surface area contributed by atoms with E-state index in [-0.39, 0.29) is 23.2 Å². The summed E-state index contributed by atoms with van der Waals surface area (Å²) in [6.45, 7) is 0.292. The largest absolute Gasteiger partial charge is 0.377 e. The second-order valence-corrected chi connectivity index (χ2v) is 9.24. The van der Waals surface area contributed by atoms with Gasteiger partial charge in [0.1, 0.15) is 23.0 Å². The Bertz CT molecular complexity index is 974. The minimum atomic E-state index is -3.36. The van der Waals surface area contributed by atoms with E-state index in [1.165, 1.54) is 24.6 Å². The number of ether oxygens (including phenoxy) is 1. The number of nitrogens with one attached hydrogen (secondary N) is 2. The Labute approximate surface area is 185 Å². The van der Waals surface area contributed by atoms with E-state index < -0.39 is 23.9 Å². The number of hydrogen-bond donors (Lipinski definition) is 2. The molecule has 1 fully saturated rings. The molecule has 9 heteroatoms. The van der Waals surface area contributed by atoms with Crippen LogP contribution >= 0.6 is 34.8 Å². The first kappa shape index (κ1) is 20.8. The molecule has 0 spiro atoms. The molecule has 29 heavy (non-hydrogen) atoms. The zero-order chi connectivity index (χ0) is 20.8. The third kappa shape index (κ3) is 3.84. The molecular formula is C20H19F3IN3OS. The number of halogens is 4. The molecule has 2 N–H and O–H groups in total. The van der Waals surface area contributed by atoms with Gasteiger partial charge in [0.05, 0.1) is 18.3 Å². The molecule has 0 amide bonds. The van der Waals surface area contributed by atoms with Gasteiger partial charge in [-0.1, -0.05) is 12.2 Å². The zero-order valence-electron chi connectivity index (χ0n) is 15.6. The summed E-state index contributed by atoms with van der Waals surface area (Å²) >= 11 is 7.30. The Morgan fingerprint density at radius 1 is 1.34 bits per heavy atom. The first-order chi connectivity index (χ1) is 13.7. The van der Waals surface area contributed by atoms with Gasteiger partial charge in [0.15, 0.2) is 0 Å². The van der Waals surface area contributed by atoms with Gasteiger partial charge in [-0.25, -0.2) is 13.2 Å². The van der Waals surface area contributed by atoms with Gasteiger partial charge >= 0.3 is 0 Å². The fraction of sp³-hybridized carbons (Fsp3) is 0.400. The van der Waals surface area contributed by atoms with E-state index in [9.17, 15) is 13.2 Å². The molecule has 154 valence electrons. The van der Waals surface area contributed by atoms with E-state index in [4.69, 9.17) is 17.0 Å². The maximum absolute atomic E-state index is 14.9. The lowest BCUT2D eigenvalue weighted by Gasteiger charge is -2.37. The number of nitrogens with zero attached hydrogens (tertiary/aromatic N) is 1. The third-order valence-electron chi connectivity index (χ3n) is 5.48. The van der Waals surface area contributed by atoms with Crippen molar-refractivity contribution in [2.45, 2.75) is 37.3 Å². The standard InChI is InChI=1S/C20H19F3IN3OS/c1-19(20(22,23)10-28-9-17(29)27-19)14-7-13(3-4-15(14)21)26-16-5-2-11-6-12(24)8-25-18(11)16/h3-4,6-8,16,26H,2,5,9-10H2,1H3,(H,27,29)/t16?,19-/m1/s1. The van der Waals surface area contributed by atoms with Gasteiger partial charge in [0.2, 0.25) is 0 Å². The molecule has 1 aromatic carbocycles. The lowest BCUT2D eigenvalue weighted by molar-refractivity contribution is -0.120. The SMILES string of the molecule is C[C@]1(c2cc(NC3CCc4cc(I)cnc43)ccc2F)NC(=S)COCC1(F)F. The van der Waals surface area contributed by atoms with Gasteiger partial charge in [-0.2, -0.15) is 0 Å². The molecule has 2 atom stereocenters. The second-order valence-electron chi connectivity index (χ2n) is 7.50. The van der Waals surface area contributed by atoms with Crippen LogP contribution in [0.3, 0.4) is 0 Å². The summed E-state index contributed by atoms with van der Waals surface area (Å²) in [5.74, 6) is -4.08. The van der Waals surface area contributed by atoms with E-state index in [0.717, 1.165) is 22.1 Å². The molecule has 2 aliphatic rings. The topological polar surface area (TPSA) is 46.2 Å². The van der Waals surface area contributed by atoms with Crippen LogP contribution in [0.15, 0.2) is 30.5 Å². The van der Waals surface area contributed by atoms with Crippen molar-refractivity contribution >= 4 is 45.5 Å². The third-order valence-corrected chi connectivity index (χ3v) is 6.29. The molecule has 1 aliphatic heterocycles. The van der Waals surface area contributed by atoms with Crippen LogP contribution in [0.4, 0.5) is 18.9 Å². The zero-order valence-corrected chi connectivity index (χ0v) is 18.5. The maximum atomic E-state index is 14.9. The van der Waals surface area contributed by atoms with E-state index in [2.05, 4.69) is 44.3 Å². The Kier molecular flexibility index (Phi) is 5.49. The maximum Gasteiger partial charge on any atom is 0.297 e. The molecule has 4 nitrogen and oxygen atoms in total. The Morgan fingerprint density at radius 3 is 2.93 bits per heavy atom. The molecule has 0 bridgehead atoms. The van der Waals surface area contributed by atoms with E-state index in [1.54, 1.807) is 12.3 Å². The molecule has 4 rings (SSSR count). The molecule has 0 saturated carbocycles. The normalized spacial score (nSPS) is 25.8. The number of alkyl halides is 2. The molecule has 0 radical (unpaired) electrons. The fourth-order valence-corrected chi connectivity index (χ4v) is 4.67. The van der Waals surface area contributed by atoms with E-state index in [0.29, 0.717) is 5.69 Å². The monoisotopic (exact) mass is 533 g/mol. The highest BCUT2D eigenvalue weighted by Gasteiger charge is 2.54. The molecular weight excluding hydrogens is 514 g/mol. The number of aromatic nitrogens is 1. The summed E-state index contributed by atoms with van der Waals surface area (Å²) < 4.78 is 50.5. The van der Waals surface area contributed by atoms with Crippen LogP contribution in [0.2, 0.25) is 0 Å². The number of thiocarbonyl (C=S) groups is 1. The number of benzene rings is 1. The highest BCUT2D eigenvalue weighted by molar-refractivity contribution is 14.1. The number of fused-ring (bicyclic) bond motifs is 1. The fourth-order valence-electron chi connectivity index (χ4n) is 3.87. The van der Waals surface area contributed by atoms with Gasteiger partial charge in [-0.05, 0) is 72.2 Å². The first-order valence-corrected chi connectivity index (χ1v) is 10.7. The number of anilines is 1. The number of hydrogen-bond acceptors (Lipinski definition) is 4.